The SMILES string of the molecule is CN(CCCCS)CC1(N(C)C)CCC1. The predicted molar refractivity (Wildman–Crippen MR) is 70.9 cm³/mol. The van der Waals surface area contributed by atoms with Crippen molar-refractivity contribution in [3.05, 3.63) is 0 Å². The molecule has 1 saturated carbocycles. The fourth-order valence-electron chi connectivity index (χ4n) is 2.41. The zero-order valence-electron chi connectivity index (χ0n) is 10.5. The van der Waals surface area contributed by atoms with Crippen molar-refractivity contribution in [1.29, 1.82) is 0 Å². The molecule has 0 atom stereocenters. The molecule has 0 spiro atoms. The van der Waals surface area contributed by atoms with Crippen LogP contribution in [0.25, 0.3) is 0 Å². The van der Waals surface area contributed by atoms with E-state index >= 15 is 0 Å². The molecule has 0 amide bonds. The number of unbranched alkanes of at least 4 members (excludes halogenated alkanes) is 1. The molecule has 90 valence electrons. The number of thiol groups is 1. The van der Waals surface area contributed by atoms with Crippen LogP contribution in [0.2, 0.25) is 0 Å². The Hall–Kier alpha value is 0.270. The van der Waals surface area contributed by atoms with Crippen LogP contribution in [0, 0.1) is 0 Å². The maximum absolute atomic E-state index is 4.24. The fraction of sp³-hybridized carbons (Fsp3) is 1.00. The normalized spacial score (nSPS) is 19.6. The molecule has 0 radical (unpaired) electrons. The van der Waals surface area contributed by atoms with Gasteiger partial charge >= 0.3 is 0 Å². The summed E-state index contributed by atoms with van der Waals surface area (Å²) in [5.74, 6) is 1.02. The quantitative estimate of drug-likeness (QED) is 0.529. The molecule has 0 heterocycles. The number of hydrogen-bond donors (Lipinski definition) is 1. The second kappa shape index (κ2) is 6.12. The summed E-state index contributed by atoms with van der Waals surface area (Å²) in [4.78, 5) is 4.91. The first-order valence-electron chi connectivity index (χ1n) is 6.07. The number of likely N-dealkylation sites (N-methyl/N-ethyl adjacent to an activating group) is 2. The van der Waals surface area contributed by atoms with Crippen LogP contribution in [0.3, 0.4) is 0 Å². The van der Waals surface area contributed by atoms with Gasteiger partial charge in [-0.25, -0.2) is 0 Å². The summed E-state index contributed by atoms with van der Waals surface area (Å²) in [6.07, 6.45) is 6.67. The van der Waals surface area contributed by atoms with Crippen LogP contribution in [0.4, 0.5) is 0 Å². The lowest BCUT2D eigenvalue weighted by atomic mass is 9.75. The van der Waals surface area contributed by atoms with Crippen molar-refractivity contribution in [2.75, 3.05) is 40.0 Å². The third-order valence-electron chi connectivity index (χ3n) is 3.75. The molecule has 0 saturated heterocycles. The molecule has 3 heteroatoms. The molecule has 0 unspecified atom stereocenters. The van der Waals surface area contributed by atoms with Gasteiger partial charge in [0.25, 0.3) is 0 Å². The van der Waals surface area contributed by atoms with Gasteiger partial charge in [0.15, 0.2) is 0 Å². The Balaban J connectivity index is 2.26. The summed E-state index contributed by atoms with van der Waals surface area (Å²) >= 11 is 4.24. The minimum atomic E-state index is 0.482. The summed E-state index contributed by atoms with van der Waals surface area (Å²) in [6.45, 7) is 2.45. The largest absolute Gasteiger partial charge is 0.305 e. The molecule has 0 N–H and O–H groups in total. The molecule has 1 rings (SSSR count). The standard InChI is InChI=1S/C12H26N2S/c1-13(2)12(7-6-8-12)11-14(3)9-4-5-10-15/h15H,4-11H2,1-3H3. The molecule has 0 bridgehead atoms. The highest BCUT2D eigenvalue weighted by molar-refractivity contribution is 7.80. The molecular weight excluding hydrogens is 204 g/mol. The summed E-state index contributed by atoms with van der Waals surface area (Å²) in [7, 11) is 6.70. The van der Waals surface area contributed by atoms with Crippen LogP contribution in [0.1, 0.15) is 32.1 Å². The lowest BCUT2D eigenvalue weighted by molar-refractivity contribution is 0.0276. The van der Waals surface area contributed by atoms with Crippen molar-refractivity contribution >= 4 is 12.6 Å². The van der Waals surface area contributed by atoms with E-state index in [-0.39, 0.29) is 0 Å². The van der Waals surface area contributed by atoms with Gasteiger partial charge in [0.1, 0.15) is 0 Å². The van der Waals surface area contributed by atoms with Crippen molar-refractivity contribution in [3.8, 4) is 0 Å². The van der Waals surface area contributed by atoms with E-state index in [4.69, 9.17) is 0 Å². The van der Waals surface area contributed by atoms with Gasteiger partial charge in [-0.1, -0.05) is 0 Å². The van der Waals surface area contributed by atoms with E-state index in [1.165, 1.54) is 45.2 Å². The minimum Gasteiger partial charge on any atom is -0.305 e. The van der Waals surface area contributed by atoms with E-state index in [1.807, 2.05) is 0 Å². The molecule has 0 aromatic carbocycles. The second-order valence-corrected chi connectivity index (χ2v) is 5.59. The molecule has 0 aromatic heterocycles. The van der Waals surface area contributed by atoms with Crippen molar-refractivity contribution in [1.82, 2.24) is 9.80 Å². The van der Waals surface area contributed by atoms with Crippen molar-refractivity contribution in [3.63, 3.8) is 0 Å². The Labute approximate surface area is 100 Å². The number of nitrogens with zero attached hydrogens (tertiary/aromatic N) is 2. The molecule has 2 nitrogen and oxygen atoms in total. The Bertz CT molecular complexity index is 178. The molecule has 1 aliphatic carbocycles. The lowest BCUT2D eigenvalue weighted by Crippen LogP contribution is -2.56. The highest BCUT2D eigenvalue weighted by Crippen LogP contribution is 2.36. The van der Waals surface area contributed by atoms with Crippen LogP contribution in [-0.4, -0.2) is 55.3 Å². The average Bonchev–Trinajstić information content (AvgIpc) is 2.11. The molecule has 0 aliphatic heterocycles. The van der Waals surface area contributed by atoms with Crippen LogP contribution in [-0.2, 0) is 0 Å². The van der Waals surface area contributed by atoms with Crippen molar-refractivity contribution < 1.29 is 0 Å². The zero-order chi connectivity index (χ0) is 11.3. The minimum absolute atomic E-state index is 0.482. The Kier molecular flexibility index (Phi) is 5.44. The zero-order valence-corrected chi connectivity index (χ0v) is 11.4. The Morgan fingerprint density at radius 3 is 2.20 bits per heavy atom. The van der Waals surface area contributed by atoms with E-state index in [2.05, 4.69) is 43.6 Å². The van der Waals surface area contributed by atoms with Gasteiger partial charge in [-0.3, -0.25) is 0 Å². The summed E-state index contributed by atoms with van der Waals surface area (Å²) in [5.41, 5.74) is 0.482. The van der Waals surface area contributed by atoms with Gasteiger partial charge in [-0.05, 0) is 65.5 Å². The first kappa shape index (κ1) is 13.3. The third-order valence-corrected chi connectivity index (χ3v) is 4.06. The number of rotatable bonds is 7. The third kappa shape index (κ3) is 3.65. The van der Waals surface area contributed by atoms with Crippen molar-refractivity contribution in [2.45, 2.75) is 37.6 Å². The van der Waals surface area contributed by atoms with Gasteiger partial charge < -0.3 is 9.80 Å². The van der Waals surface area contributed by atoms with Crippen LogP contribution in [0.5, 0.6) is 0 Å². The highest BCUT2D eigenvalue weighted by Gasteiger charge is 2.39. The van der Waals surface area contributed by atoms with Crippen LogP contribution < -0.4 is 0 Å². The molecule has 0 aromatic rings. The van der Waals surface area contributed by atoms with E-state index in [1.54, 1.807) is 0 Å². The van der Waals surface area contributed by atoms with E-state index in [0.717, 1.165) is 5.75 Å². The lowest BCUT2D eigenvalue weighted by Gasteiger charge is -2.49. The maximum atomic E-state index is 4.24. The van der Waals surface area contributed by atoms with Gasteiger partial charge in [-0.2, -0.15) is 12.6 Å². The van der Waals surface area contributed by atoms with Crippen LogP contribution in [0.15, 0.2) is 0 Å². The summed E-state index contributed by atoms with van der Waals surface area (Å²) < 4.78 is 0. The smallest absolute Gasteiger partial charge is 0.0330 e. The maximum Gasteiger partial charge on any atom is 0.0330 e. The molecular formula is C12H26N2S. The molecule has 1 aliphatic rings. The molecule has 15 heavy (non-hydrogen) atoms. The van der Waals surface area contributed by atoms with Gasteiger partial charge in [0, 0.05) is 12.1 Å². The Morgan fingerprint density at radius 2 is 1.80 bits per heavy atom. The van der Waals surface area contributed by atoms with Crippen molar-refractivity contribution in [2.24, 2.45) is 0 Å². The second-order valence-electron chi connectivity index (χ2n) is 5.14. The fourth-order valence-corrected chi connectivity index (χ4v) is 2.63. The van der Waals surface area contributed by atoms with E-state index < -0.39 is 0 Å². The molecule has 1 fully saturated rings. The van der Waals surface area contributed by atoms with Gasteiger partial charge in [0.2, 0.25) is 0 Å². The first-order valence-corrected chi connectivity index (χ1v) is 6.71. The van der Waals surface area contributed by atoms with E-state index in [9.17, 15) is 0 Å². The summed E-state index contributed by atoms with van der Waals surface area (Å²) in [6, 6.07) is 0. The van der Waals surface area contributed by atoms with Gasteiger partial charge in [-0.15, -0.1) is 0 Å². The number of hydrogen-bond acceptors (Lipinski definition) is 3. The Morgan fingerprint density at radius 1 is 1.13 bits per heavy atom. The van der Waals surface area contributed by atoms with Crippen LogP contribution >= 0.6 is 12.6 Å². The topological polar surface area (TPSA) is 6.48 Å². The van der Waals surface area contributed by atoms with Gasteiger partial charge in [0.05, 0.1) is 0 Å². The monoisotopic (exact) mass is 230 g/mol. The van der Waals surface area contributed by atoms with E-state index in [0.29, 0.717) is 5.54 Å². The first-order chi connectivity index (χ1) is 7.10. The summed E-state index contributed by atoms with van der Waals surface area (Å²) in [5, 5.41) is 0. The average molecular weight is 230 g/mol. The highest BCUT2D eigenvalue weighted by atomic mass is 32.1. The predicted octanol–water partition coefficient (Wildman–Crippen LogP) is 2.11.